The minimum absolute atomic E-state index is 0.340. The Hall–Kier alpha value is -3.97. The number of ether oxygens (including phenoxy) is 1. The van der Waals surface area contributed by atoms with E-state index in [1.54, 1.807) is 30.3 Å². The summed E-state index contributed by atoms with van der Waals surface area (Å²) in [5.74, 6) is -0.340. The second kappa shape index (κ2) is 8.28. The van der Waals surface area contributed by atoms with Gasteiger partial charge in [0.15, 0.2) is 5.65 Å². The number of aryl methyl sites for hydroxylation is 1. The third-order valence-corrected chi connectivity index (χ3v) is 5.29. The lowest BCUT2D eigenvalue weighted by Gasteiger charge is -2.11. The van der Waals surface area contributed by atoms with Crippen molar-refractivity contribution in [2.45, 2.75) is 13.5 Å². The van der Waals surface area contributed by atoms with Crippen molar-refractivity contribution in [3.05, 3.63) is 96.6 Å². The van der Waals surface area contributed by atoms with Gasteiger partial charge in [0, 0.05) is 30.8 Å². The molecule has 0 fully saturated rings. The standard InChI is InChI=1S/C25H22FN5O/c1-17-14-30(16-27-17)22-11-10-19(13-20(22)26)28-21-9-6-12-31-23(15-32-2)24(29-25(21)31)18-7-4-3-5-8-18/h3-14,16,28H,15H2,1-2H3. The zero-order valence-electron chi connectivity index (χ0n) is 17.8. The van der Waals surface area contributed by atoms with E-state index in [9.17, 15) is 4.39 Å². The van der Waals surface area contributed by atoms with E-state index in [1.165, 1.54) is 6.07 Å². The minimum atomic E-state index is -0.340. The van der Waals surface area contributed by atoms with E-state index >= 15 is 0 Å². The number of benzene rings is 2. The number of nitrogens with one attached hydrogen (secondary N) is 1. The zero-order chi connectivity index (χ0) is 22.1. The predicted molar refractivity (Wildman–Crippen MR) is 123 cm³/mol. The first-order chi connectivity index (χ1) is 15.6. The van der Waals surface area contributed by atoms with Crippen molar-refractivity contribution >= 4 is 17.0 Å². The number of hydrogen-bond donors (Lipinski definition) is 1. The molecule has 0 aliphatic rings. The Balaban J connectivity index is 1.54. The van der Waals surface area contributed by atoms with Crippen molar-refractivity contribution in [3.63, 3.8) is 0 Å². The van der Waals surface area contributed by atoms with Gasteiger partial charge in [-0.1, -0.05) is 30.3 Å². The maximum absolute atomic E-state index is 14.8. The Labute approximate surface area is 185 Å². The van der Waals surface area contributed by atoms with Gasteiger partial charge < -0.3 is 14.6 Å². The molecule has 0 aliphatic heterocycles. The SMILES string of the molecule is COCc1c(-c2ccccc2)nc2c(Nc3ccc(-n4cnc(C)c4)c(F)c3)cccn12. The normalized spacial score (nSPS) is 11.2. The molecule has 7 heteroatoms. The number of methoxy groups -OCH3 is 1. The highest BCUT2D eigenvalue weighted by molar-refractivity contribution is 5.78. The van der Waals surface area contributed by atoms with Gasteiger partial charge in [-0.2, -0.15) is 0 Å². The topological polar surface area (TPSA) is 56.4 Å². The lowest BCUT2D eigenvalue weighted by Crippen LogP contribution is -2.00. The molecule has 160 valence electrons. The van der Waals surface area contributed by atoms with Gasteiger partial charge in [0.05, 0.1) is 41.4 Å². The molecule has 6 nitrogen and oxygen atoms in total. The number of anilines is 2. The molecular weight excluding hydrogens is 405 g/mol. The van der Waals surface area contributed by atoms with Crippen LogP contribution in [-0.2, 0) is 11.3 Å². The monoisotopic (exact) mass is 427 g/mol. The van der Waals surface area contributed by atoms with Crippen molar-refractivity contribution in [1.82, 2.24) is 18.9 Å². The molecule has 2 aromatic carbocycles. The average molecular weight is 427 g/mol. The fraction of sp³-hybridized carbons (Fsp3) is 0.120. The molecule has 3 aromatic heterocycles. The third kappa shape index (κ3) is 3.63. The number of nitrogens with zero attached hydrogens (tertiary/aromatic N) is 4. The Morgan fingerprint density at radius 3 is 2.62 bits per heavy atom. The van der Waals surface area contributed by atoms with E-state index in [0.717, 1.165) is 34.0 Å². The summed E-state index contributed by atoms with van der Waals surface area (Å²) in [5, 5.41) is 3.32. The maximum Gasteiger partial charge on any atom is 0.161 e. The summed E-state index contributed by atoms with van der Waals surface area (Å²) in [6.07, 6.45) is 5.35. The fourth-order valence-electron chi connectivity index (χ4n) is 3.82. The summed E-state index contributed by atoms with van der Waals surface area (Å²) < 4.78 is 24.0. The van der Waals surface area contributed by atoms with Crippen molar-refractivity contribution in [2.24, 2.45) is 0 Å². The van der Waals surface area contributed by atoms with Gasteiger partial charge in [-0.15, -0.1) is 0 Å². The van der Waals surface area contributed by atoms with Crippen LogP contribution in [0, 0.1) is 12.7 Å². The molecule has 5 aromatic rings. The highest BCUT2D eigenvalue weighted by Gasteiger charge is 2.16. The molecule has 32 heavy (non-hydrogen) atoms. The molecule has 0 aliphatic carbocycles. The summed E-state index contributed by atoms with van der Waals surface area (Å²) in [5.41, 5.74) is 6.26. The number of halogens is 1. The smallest absolute Gasteiger partial charge is 0.161 e. The van der Waals surface area contributed by atoms with Crippen molar-refractivity contribution in [1.29, 1.82) is 0 Å². The first kappa shape index (κ1) is 20.0. The van der Waals surface area contributed by atoms with Gasteiger partial charge in [-0.3, -0.25) is 4.40 Å². The molecule has 0 amide bonds. The number of aromatic nitrogens is 4. The van der Waals surface area contributed by atoms with Crippen LogP contribution in [0.25, 0.3) is 22.6 Å². The number of fused-ring (bicyclic) bond motifs is 1. The Bertz CT molecular complexity index is 1390. The second-order valence-electron chi connectivity index (χ2n) is 7.54. The van der Waals surface area contributed by atoms with Crippen LogP contribution in [0.1, 0.15) is 11.4 Å². The van der Waals surface area contributed by atoms with Gasteiger partial charge in [-0.25, -0.2) is 14.4 Å². The van der Waals surface area contributed by atoms with Crippen LogP contribution in [0.2, 0.25) is 0 Å². The summed E-state index contributed by atoms with van der Waals surface area (Å²) >= 11 is 0. The first-order valence-corrected chi connectivity index (χ1v) is 10.3. The minimum Gasteiger partial charge on any atom is -0.378 e. The van der Waals surface area contributed by atoms with Gasteiger partial charge in [0.25, 0.3) is 0 Å². The zero-order valence-corrected chi connectivity index (χ0v) is 17.8. The quantitative estimate of drug-likeness (QED) is 0.387. The summed E-state index contributed by atoms with van der Waals surface area (Å²) in [6, 6.07) is 18.9. The Morgan fingerprint density at radius 1 is 1.06 bits per heavy atom. The van der Waals surface area contributed by atoms with E-state index in [-0.39, 0.29) is 5.82 Å². The van der Waals surface area contributed by atoms with E-state index in [1.807, 2.05) is 66.1 Å². The van der Waals surface area contributed by atoms with Crippen LogP contribution in [0.4, 0.5) is 15.8 Å². The summed E-state index contributed by atoms with van der Waals surface area (Å²) in [7, 11) is 1.67. The highest BCUT2D eigenvalue weighted by atomic mass is 19.1. The Morgan fingerprint density at radius 2 is 1.91 bits per heavy atom. The van der Waals surface area contributed by atoms with E-state index in [2.05, 4.69) is 10.3 Å². The largest absolute Gasteiger partial charge is 0.378 e. The predicted octanol–water partition coefficient (Wildman–Crippen LogP) is 5.52. The fourth-order valence-corrected chi connectivity index (χ4v) is 3.82. The second-order valence-corrected chi connectivity index (χ2v) is 7.54. The molecule has 0 saturated carbocycles. The molecule has 0 radical (unpaired) electrons. The first-order valence-electron chi connectivity index (χ1n) is 10.3. The van der Waals surface area contributed by atoms with Gasteiger partial charge in [-0.05, 0) is 37.3 Å². The number of pyridine rings is 1. The number of imidazole rings is 2. The molecule has 0 spiro atoms. The molecule has 0 bridgehead atoms. The van der Waals surface area contributed by atoms with Crippen LogP contribution in [-0.4, -0.2) is 26.0 Å². The maximum atomic E-state index is 14.8. The van der Waals surface area contributed by atoms with Crippen molar-refractivity contribution in [2.75, 3.05) is 12.4 Å². The van der Waals surface area contributed by atoms with Crippen LogP contribution >= 0.6 is 0 Å². The van der Waals surface area contributed by atoms with Crippen LogP contribution in [0.15, 0.2) is 79.4 Å². The molecule has 1 N–H and O–H groups in total. The van der Waals surface area contributed by atoms with E-state index < -0.39 is 0 Å². The van der Waals surface area contributed by atoms with Crippen LogP contribution in [0.3, 0.4) is 0 Å². The van der Waals surface area contributed by atoms with Gasteiger partial charge in [0.1, 0.15) is 5.82 Å². The van der Waals surface area contributed by atoms with Crippen molar-refractivity contribution < 1.29 is 9.13 Å². The van der Waals surface area contributed by atoms with Crippen LogP contribution < -0.4 is 5.32 Å². The Kier molecular flexibility index (Phi) is 5.17. The molecule has 0 unspecified atom stereocenters. The average Bonchev–Trinajstić information content (AvgIpc) is 3.39. The molecule has 5 rings (SSSR count). The van der Waals surface area contributed by atoms with E-state index in [4.69, 9.17) is 9.72 Å². The lowest BCUT2D eigenvalue weighted by molar-refractivity contribution is 0.181. The van der Waals surface area contributed by atoms with Crippen LogP contribution in [0.5, 0.6) is 0 Å². The summed E-state index contributed by atoms with van der Waals surface area (Å²) in [6.45, 7) is 2.29. The molecular formula is C25H22FN5O. The number of rotatable bonds is 6. The lowest BCUT2D eigenvalue weighted by atomic mass is 10.1. The van der Waals surface area contributed by atoms with Gasteiger partial charge in [0.2, 0.25) is 0 Å². The number of hydrogen-bond acceptors (Lipinski definition) is 4. The van der Waals surface area contributed by atoms with Gasteiger partial charge >= 0.3 is 0 Å². The highest BCUT2D eigenvalue weighted by Crippen LogP contribution is 2.30. The molecule has 3 heterocycles. The third-order valence-electron chi connectivity index (χ3n) is 5.29. The molecule has 0 saturated heterocycles. The van der Waals surface area contributed by atoms with Crippen molar-refractivity contribution in [3.8, 4) is 16.9 Å². The molecule has 0 atom stereocenters. The van der Waals surface area contributed by atoms with E-state index in [0.29, 0.717) is 18.0 Å². The summed E-state index contributed by atoms with van der Waals surface area (Å²) in [4.78, 5) is 9.07.